The first-order valence-corrected chi connectivity index (χ1v) is 8.83. The van der Waals surface area contributed by atoms with Gasteiger partial charge in [0.05, 0.1) is 11.1 Å². The highest BCUT2D eigenvalue weighted by Crippen LogP contribution is 2.34. The number of pyridine rings is 1. The standard InChI is InChI=1S/C18H20F3IN/c1-3-5-7-14-11-23(4-2)12-16(17(14)22)13-8-6-9-15(10-13)18(19,20)21/h6,8-12H,3-5,7H2,1-2H3/q+1. The molecular formula is C18H20F3IN+. The number of benzene rings is 1. The van der Waals surface area contributed by atoms with Gasteiger partial charge in [-0.2, -0.15) is 13.2 Å². The average Bonchev–Trinajstić information content (AvgIpc) is 2.53. The van der Waals surface area contributed by atoms with E-state index in [1.165, 1.54) is 17.7 Å². The van der Waals surface area contributed by atoms with Crippen molar-refractivity contribution in [1.29, 1.82) is 0 Å². The zero-order chi connectivity index (χ0) is 17.0. The summed E-state index contributed by atoms with van der Waals surface area (Å²) in [7, 11) is 0. The maximum absolute atomic E-state index is 13.0. The van der Waals surface area contributed by atoms with E-state index in [0.29, 0.717) is 5.56 Å². The fraction of sp³-hybridized carbons (Fsp3) is 0.389. The van der Waals surface area contributed by atoms with Crippen molar-refractivity contribution in [2.75, 3.05) is 0 Å². The molecule has 0 aliphatic heterocycles. The summed E-state index contributed by atoms with van der Waals surface area (Å²) in [6, 6.07) is 5.58. The van der Waals surface area contributed by atoms with Gasteiger partial charge in [0.1, 0.15) is 6.54 Å². The van der Waals surface area contributed by atoms with E-state index in [2.05, 4.69) is 35.7 Å². The van der Waals surface area contributed by atoms with E-state index in [0.717, 1.165) is 41.0 Å². The molecule has 1 aromatic heterocycles. The summed E-state index contributed by atoms with van der Waals surface area (Å²) in [6.45, 7) is 4.96. The minimum absolute atomic E-state index is 0.604. The smallest absolute Gasteiger partial charge is 0.204 e. The Balaban J connectivity index is 2.54. The molecular weight excluding hydrogens is 414 g/mol. The molecule has 0 aliphatic carbocycles. The fourth-order valence-electron chi connectivity index (χ4n) is 2.48. The minimum atomic E-state index is -4.32. The minimum Gasteiger partial charge on any atom is -0.204 e. The predicted molar refractivity (Wildman–Crippen MR) is 94.1 cm³/mol. The number of aromatic nitrogens is 1. The van der Waals surface area contributed by atoms with Gasteiger partial charge in [-0.15, -0.1) is 0 Å². The Kier molecular flexibility index (Phi) is 6.06. The molecule has 0 saturated carbocycles. The number of rotatable bonds is 5. The quantitative estimate of drug-likeness (QED) is 0.425. The molecule has 124 valence electrons. The molecule has 0 unspecified atom stereocenters. The van der Waals surface area contributed by atoms with Crippen molar-refractivity contribution >= 4 is 22.6 Å². The number of nitrogens with zero attached hydrogens (tertiary/aromatic N) is 1. The monoisotopic (exact) mass is 434 g/mol. The van der Waals surface area contributed by atoms with Crippen molar-refractivity contribution in [3.8, 4) is 11.1 Å². The third-order valence-corrected chi connectivity index (χ3v) is 5.07. The van der Waals surface area contributed by atoms with Crippen LogP contribution in [-0.4, -0.2) is 0 Å². The average molecular weight is 434 g/mol. The van der Waals surface area contributed by atoms with Gasteiger partial charge in [0.15, 0.2) is 12.4 Å². The first-order valence-electron chi connectivity index (χ1n) is 7.76. The highest BCUT2D eigenvalue weighted by molar-refractivity contribution is 14.1. The maximum Gasteiger partial charge on any atom is 0.416 e. The Morgan fingerprint density at radius 2 is 1.87 bits per heavy atom. The van der Waals surface area contributed by atoms with E-state index in [1.807, 2.05) is 17.7 Å². The lowest BCUT2D eigenvalue weighted by Gasteiger charge is -2.11. The second kappa shape index (κ2) is 7.64. The zero-order valence-corrected chi connectivity index (χ0v) is 15.4. The van der Waals surface area contributed by atoms with Crippen molar-refractivity contribution < 1.29 is 17.7 Å². The summed E-state index contributed by atoms with van der Waals surface area (Å²) in [5, 5.41) is 0. The van der Waals surface area contributed by atoms with Gasteiger partial charge in [0, 0.05) is 9.13 Å². The highest BCUT2D eigenvalue weighted by Gasteiger charge is 2.30. The van der Waals surface area contributed by atoms with Gasteiger partial charge in [-0.05, 0) is 60.1 Å². The van der Waals surface area contributed by atoms with Gasteiger partial charge in [0.2, 0.25) is 0 Å². The molecule has 1 nitrogen and oxygen atoms in total. The second-order valence-corrected chi connectivity index (χ2v) is 6.60. The van der Waals surface area contributed by atoms with Crippen molar-refractivity contribution in [2.24, 2.45) is 0 Å². The Labute approximate surface area is 148 Å². The lowest BCUT2D eigenvalue weighted by Crippen LogP contribution is -2.33. The summed E-state index contributed by atoms with van der Waals surface area (Å²) in [5.74, 6) is 0. The fourth-order valence-corrected chi connectivity index (χ4v) is 3.34. The van der Waals surface area contributed by atoms with E-state index in [-0.39, 0.29) is 0 Å². The molecule has 0 bridgehead atoms. The van der Waals surface area contributed by atoms with Crippen LogP contribution in [0.4, 0.5) is 13.2 Å². The van der Waals surface area contributed by atoms with E-state index < -0.39 is 11.7 Å². The van der Waals surface area contributed by atoms with Gasteiger partial charge in [-0.3, -0.25) is 0 Å². The summed E-state index contributed by atoms with van der Waals surface area (Å²) in [4.78, 5) is 0. The van der Waals surface area contributed by atoms with Crippen LogP contribution >= 0.6 is 22.6 Å². The zero-order valence-electron chi connectivity index (χ0n) is 13.3. The number of hydrogen-bond donors (Lipinski definition) is 0. The molecule has 0 radical (unpaired) electrons. The molecule has 0 amide bonds. The van der Waals surface area contributed by atoms with Gasteiger partial charge in [-0.25, -0.2) is 4.57 Å². The molecule has 23 heavy (non-hydrogen) atoms. The Morgan fingerprint density at radius 1 is 1.13 bits per heavy atom. The van der Waals surface area contributed by atoms with Gasteiger partial charge in [0.25, 0.3) is 0 Å². The van der Waals surface area contributed by atoms with Crippen LogP contribution in [0.1, 0.15) is 37.8 Å². The van der Waals surface area contributed by atoms with Crippen molar-refractivity contribution in [1.82, 2.24) is 0 Å². The number of hydrogen-bond acceptors (Lipinski definition) is 0. The Bertz CT molecular complexity index is 680. The molecule has 2 aromatic rings. The second-order valence-electron chi connectivity index (χ2n) is 5.52. The van der Waals surface area contributed by atoms with Gasteiger partial charge in [-0.1, -0.05) is 25.5 Å². The molecule has 2 rings (SSSR count). The number of halogens is 4. The molecule has 0 atom stereocenters. The van der Waals surface area contributed by atoms with Crippen molar-refractivity contribution in [3.05, 3.63) is 51.4 Å². The van der Waals surface area contributed by atoms with Crippen molar-refractivity contribution in [2.45, 2.75) is 45.8 Å². The van der Waals surface area contributed by atoms with Gasteiger partial charge < -0.3 is 0 Å². The predicted octanol–water partition coefficient (Wildman–Crippen LogP) is 5.63. The third-order valence-electron chi connectivity index (χ3n) is 3.80. The Morgan fingerprint density at radius 3 is 2.48 bits per heavy atom. The number of aryl methyl sites for hydroxylation is 2. The van der Waals surface area contributed by atoms with Crippen LogP contribution < -0.4 is 4.57 Å². The van der Waals surface area contributed by atoms with E-state index >= 15 is 0 Å². The lowest BCUT2D eigenvalue weighted by atomic mass is 10.0. The molecule has 0 spiro atoms. The molecule has 1 heterocycles. The lowest BCUT2D eigenvalue weighted by molar-refractivity contribution is -0.693. The summed E-state index contributed by atoms with van der Waals surface area (Å²) >= 11 is 2.26. The Hall–Kier alpha value is -1.11. The normalized spacial score (nSPS) is 11.7. The van der Waals surface area contributed by atoms with Crippen LogP contribution in [0, 0.1) is 3.57 Å². The summed E-state index contributed by atoms with van der Waals surface area (Å²) < 4.78 is 42.0. The summed E-state index contributed by atoms with van der Waals surface area (Å²) in [6.07, 6.45) is 2.84. The maximum atomic E-state index is 13.0. The van der Waals surface area contributed by atoms with Gasteiger partial charge >= 0.3 is 6.18 Å². The van der Waals surface area contributed by atoms with Crippen molar-refractivity contribution in [3.63, 3.8) is 0 Å². The van der Waals surface area contributed by atoms with E-state index in [1.54, 1.807) is 6.07 Å². The molecule has 0 N–H and O–H groups in total. The van der Waals surface area contributed by atoms with E-state index in [4.69, 9.17) is 0 Å². The molecule has 0 aliphatic rings. The number of unbranched alkanes of at least 4 members (excludes halogenated alkanes) is 1. The third kappa shape index (κ3) is 4.46. The molecule has 5 heteroatoms. The van der Waals surface area contributed by atoms with Crippen LogP contribution in [-0.2, 0) is 19.1 Å². The van der Waals surface area contributed by atoms with Crippen LogP contribution in [0.15, 0.2) is 36.7 Å². The van der Waals surface area contributed by atoms with Crippen LogP contribution in [0.5, 0.6) is 0 Å². The van der Waals surface area contributed by atoms with Crippen LogP contribution in [0.25, 0.3) is 11.1 Å². The van der Waals surface area contributed by atoms with Crippen LogP contribution in [0.2, 0.25) is 0 Å². The topological polar surface area (TPSA) is 3.88 Å². The highest BCUT2D eigenvalue weighted by atomic mass is 127. The SMILES string of the molecule is CCCCc1c[n+](CC)cc(-c2cccc(C(F)(F)F)c2)c1I. The summed E-state index contributed by atoms with van der Waals surface area (Å²) in [5.41, 5.74) is 2.08. The number of alkyl halides is 3. The largest absolute Gasteiger partial charge is 0.416 e. The molecule has 0 fully saturated rings. The van der Waals surface area contributed by atoms with Crippen LogP contribution in [0.3, 0.4) is 0 Å². The first kappa shape index (κ1) is 18.2. The molecule has 1 aromatic carbocycles. The molecule has 0 saturated heterocycles. The van der Waals surface area contributed by atoms with E-state index in [9.17, 15) is 13.2 Å². The first-order chi connectivity index (χ1) is 10.9.